The van der Waals surface area contributed by atoms with E-state index in [2.05, 4.69) is 4.98 Å². The van der Waals surface area contributed by atoms with E-state index >= 15 is 0 Å². The van der Waals surface area contributed by atoms with Crippen LogP contribution in [0.2, 0.25) is 0 Å². The van der Waals surface area contributed by atoms with E-state index in [1.54, 1.807) is 18.3 Å². The minimum atomic E-state index is -1.04. The first-order valence-electron chi connectivity index (χ1n) is 6.10. The average molecular weight is 293 g/mol. The molecule has 1 atom stereocenters. The number of carboxylic acid groups (broad SMARTS) is 1. The number of likely N-dealkylation sites (tertiary alicyclic amines) is 1. The molecule has 1 amide bonds. The van der Waals surface area contributed by atoms with Crippen LogP contribution < -0.4 is 5.56 Å². The second kappa shape index (κ2) is 4.71. The summed E-state index contributed by atoms with van der Waals surface area (Å²) in [7, 11) is 0. The number of amides is 1. The van der Waals surface area contributed by atoms with Gasteiger partial charge in [-0.25, -0.2) is 14.6 Å². The Morgan fingerprint density at radius 1 is 1.45 bits per heavy atom. The third kappa shape index (κ3) is 1.88. The smallest absolute Gasteiger partial charge is 0.341 e. The van der Waals surface area contributed by atoms with Crippen molar-refractivity contribution >= 4 is 33.7 Å². The highest BCUT2D eigenvalue weighted by Gasteiger charge is 2.35. The maximum Gasteiger partial charge on any atom is 0.341 e. The summed E-state index contributed by atoms with van der Waals surface area (Å²) in [6.45, 7) is 0.351. The molecule has 20 heavy (non-hydrogen) atoms. The predicted molar refractivity (Wildman–Crippen MR) is 72.0 cm³/mol. The highest BCUT2D eigenvalue weighted by atomic mass is 32.1. The van der Waals surface area contributed by atoms with Crippen molar-refractivity contribution in [2.45, 2.75) is 18.9 Å². The Morgan fingerprint density at radius 2 is 2.25 bits per heavy atom. The van der Waals surface area contributed by atoms with E-state index in [9.17, 15) is 14.4 Å². The first-order chi connectivity index (χ1) is 9.59. The molecule has 104 valence electrons. The summed E-state index contributed by atoms with van der Waals surface area (Å²) in [5.74, 6) is -1.04. The lowest BCUT2D eigenvalue weighted by Crippen LogP contribution is -2.44. The SMILES string of the molecule is O=C(O)[C@@H]1CCCN1C(=O)n1sc2ncccc2c1=O. The van der Waals surface area contributed by atoms with Crippen LogP contribution in [-0.4, -0.2) is 43.5 Å². The molecule has 0 aliphatic carbocycles. The molecule has 1 N–H and O–H groups in total. The number of rotatable bonds is 1. The van der Waals surface area contributed by atoms with E-state index in [0.717, 1.165) is 15.5 Å². The molecule has 1 aliphatic heterocycles. The Hall–Kier alpha value is -2.22. The lowest BCUT2D eigenvalue weighted by molar-refractivity contribution is -0.141. The molecule has 0 saturated carbocycles. The zero-order chi connectivity index (χ0) is 14.3. The Kier molecular flexibility index (Phi) is 3.01. The third-order valence-electron chi connectivity index (χ3n) is 3.32. The maximum absolute atomic E-state index is 12.4. The van der Waals surface area contributed by atoms with Gasteiger partial charge in [0, 0.05) is 12.7 Å². The molecule has 0 spiro atoms. The van der Waals surface area contributed by atoms with Gasteiger partial charge in [-0.05, 0) is 36.5 Å². The fourth-order valence-corrected chi connectivity index (χ4v) is 3.26. The van der Waals surface area contributed by atoms with Crippen molar-refractivity contribution in [1.29, 1.82) is 0 Å². The summed E-state index contributed by atoms with van der Waals surface area (Å²) in [6.07, 6.45) is 2.59. The number of carbonyl (C=O) groups excluding carboxylic acids is 1. The quantitative estimate of drug-likeness (QED) is 0.846. The van der Waals surface area contributed by atoms with Crippen LogP contribution in [0, 0.1) is 0 Å². The molecule has 3 heterocycles. The van der Waals surface area contributed by atoms with Gasteiger partial charge in [0.05, 0.1) is 5.39 Å². The summed E-state index contributed by atoms with van der Waals surface area (Å²) < 4.78 is 0.985. The van der Waals surface area contributed by atoms with Crippen LogP contribution in [0.15, 0.2) is 23.1 Å². The van der Waals surface area contributed by atoms with Crippen molar-refractivity contribution in [3.63, 3.8) is 0 Å². The van der Waals surface area contributed by atoms with Gasteiger partial charge < -0.3 is 10.0 Å². The normalized spacial score (nSPS) is 18.6. The lowest BCUT2D eigenvalue weighted by Gasteiger charge is -2.20. The van der Waals surface area contributed by atoms with Crippen molar-refractivity contribution in [3.8, 4) is 0 Å². The molecule has 3 rings (SSSR count). The number of carboxylic acids is 1. The fourth-order valence-electron chi connectivity index (χ4n) is 2.36. The van der Waals surface area contributed by atoms with Gasteiger partial charge in [-0.1, -0.05) is 0 Å². The van der Waals surface area contributed by atoms with Gasteiger partial charge in [0.1, 0.15) is 10.9 Å². The largest absolute Gasteiger partial charge is 0.480 e. The molecule has 0 radical (unpaired) electrons. The highest BCUT2D eigenvalue weighted by molar-refractivity contribution is 7.14. The minimum Gasteiger partial charge on any atom is -0.480 e. The van der Waals surface area contributed by atoms with E-state index in [1.165, 1.54) is 4.90 Å². The maximum atomic E-state index is 12.4. The zero-order valence-corrected chi connectivity index (χ0v) is 11.2. The lowest BCUT2D eigenvalue weighted by atomic mass is 10.2. The molecule has 2 aromatic rings. The van der Waals surface area contributed by atoms with E-state index < -0.39 is 23.6 Å². The van der Waals surface area contributed by atoms with Gasteiger partial charge in [-0.3, -0.25) is 4.79 Å². The molecule has 1 aliphatic rings. The van der Waals surface area contributed by atoms with Gasteiger partial charge in [0.25, 0.3) is 5.56 Å². The van der Waals surface area contributed by atoms with Gasteiger partial charge in [0.2, 0.25) is 0 Å². The van der Waals surface area contributed by atoms with E-state index in [4.69, 9.17) is 5.11 Å². The standard InChI is InChI=1S/C12H11N3O4S/c16-10-7-3-1-5-13-9(7)20-15(10)12(19)14-6-2-4-8(14)11(17)18/h1,3,5,8H,2,4,6H2,(H,17,18)/t8-/m0/s1. The van der Waals surface area contributed by atoms with E-state index in [-0.39, 0.29) is 0 Å². The van der Waals surface area contributed by atoms with Crippen molar-refractivity contribution in [2.75, 3.05) is 6.54 Å². The number of pyridine rings is 1. The summed E-state index contributed by atoms with van der Waals surface area (Å²) >= 11 is 0.942. The van der Waals surface area contributed by atoms with Crippen molar-refractivity contribution < 1.29 is 14.7 Å². The summed E-state index contributed by atoms with van der Waals surface area (Å²) in [4.78, 5) is 41.4. The summed E-state index contributed by atoms with van der Waals surface area (Å²) in [6, 6.07) is 1.79. The minimum absolute atomic E-state index is 0.351. The number of hydrogen-bond acceptors (Lipinski definition) is 5. The zero-order valence-electron chi connectivity index (χ0n) is 10.4. The molecule has 8 heteroatoms. The monoisotopic (exact) mass is 293 g/mol. The van der Waals surface area contributed by atoms with Gasteiger partial charge in [-0.15, -0.1) is 0 Å². The molecule has 0 bridgehead atoms. The van der Waals surface area contributed by atoms with Gasteiger partial charge in [-0.2, -0.15) is 3.96 Å². The van der Waals surface area contributed by atoms with Crippen LogP contribution in [0.1, 0.15) is 12.8 Å². The first-order valence-corrected chi connectivity index (χ1v) is 6.88. The second-order valence-corrected chi connectivity index (χ2v) is 5.45. The number of fused-ring (bicyclic) bond motifs is 1. The Labute approximate surface area is 117 Å². The highest BCUT2D eigenvalue weighted by Crippen LogP contribution is 2.20. The molecule has 1 fully saturated rings. The van der Waals surface area contributed by atoms with Crippen LogP contribution in [0.5, 0.6) is 0 Å². The Balaban J connectivity index is 2.03. The predicted octanol–water partition coefficient (Wildman–Crippen LogP) is 0.975. The second-order valence-electron chi connectivity index (χ2n) is 4.52. The number of carbonyl (C=O) groups is 2. The Morgan fingerprint density at radius 3 is 2.95 bits per heavy atom. The van der Waals surface area contributed by atoms with E-state index in [1.807, 2.05) is 0 Å². The molecular weight excluding hydrogens is 282 g/mol. The van der Waals surface area contributed by atoms with Crippen molar-refractivity contribution in [3.05, 3.63) is 28.7 Å². The van der Waals surface area contributed by atoms with Crippen LogP contribution in [-0.2, 0) is 4.79 Å². The number of aromatic nitrogens is 2. The fraction of sp³-hybridized carbons (Fsp3) is 0.333. The topological polar surface area (TPSA) is 92.5 Å². The van der Waals surface area contributed by atoms with Gasteiger partial charge in [0.15, 0.2) is 0 Å². The first kappa shape index (κ1) is 12.8. The van der Waals surface area contributed by atoms with Crippen molar-refractivity contribution in [2.24, 2.45) is 0 Å². The van der Waals surface area contributed by atoms with Crippen LogP contribution in [0.4, 0.5) is 4.79 Å². The molecule has 2 aromatic heterocycles. The number of hydrogen-bond donors (Lipinski definition) is 1. The summed E-state index contributed by atoms with van der Waals surface area (Å²) in [5, 5.41) is 9.47. The molecule has 0 unspecified atom stereocenters. The van der Waals surface area contributed by atoms with Crippen LogP contribution in [0.25, 0.3) is 10.2 Å². The average Bonchev–Trinajstić information content (AvgIpc) is 3.04. The van der Waals surface area contributed by atoms with Crippen molar-refractivity contribution in [1.82, 2.24) is 13.8 Å². The van der Waals surface area contributed by atoms with Gasteiger partial charge >= 0.3 is 12.0 Å². The van der Waals surface area contributed by atoms with E-state index in [0.29, 0.717) is 29.6 Å². The summed E-state index contributed by atoms with van der Waals surface area (Å²) in [5.41, 5.74) is -0.445. The number of nitrogens with zero attached hydrogens (tertiary/aromatic N) is 3. The van der Waals surface area contributed by atoms with Crippen LogP contribution >= 0.6 is 11.5 Å². The molecule has 7 nitrogen and oxygen atoms in total. The molecule has 1 saturated heterocycles. The molecule has 0 aromatic carbocycles. The number of aliphatic carboxylic acids is 1. The Bertz CT molecular complexity index is 750. The third-order valence-corrected chi connectivity index (χ3v) is 4.32. The molecular formula is C12H11N3O4S. The van der Waals surface area contributed by atoms with Crippen LogP contribution in [0.3, 0.4) is 0 Å².